The third-order valence-corrected chi connectivity index (χ3v) is 18.7. The van der Waals surface area contributed by atoms with Crippen molar-refractivity contribution in [2.24, 2.45) is 23.7 Å². The molecule has 89 heavy (non-hydrogen) atoms. The molecule has 0 radical (unpaired) electrons. The minimum atomic E-state index is -4.95. The van der Waals surface area contributed by atoms with E-state index in [2.05, 4.69) is 55.4 Å². The molecule has 0 spiro atoms. The van der Waals surface area contributed by atoms with Crippen LogP contribution in [-0.2, 0) is 65.4 Å². The number of phosphoric ester groups is 2. The van der Waals surface area contributed by atoms with Gasteiger partial charge < -0.3 is 33.8 Å². The Labute approximate surface area is 543 Å². The number of carbonyl (C=O) groups excluding carboxylic acids is 4. The average Bonchev–Trinajstić information content (AvgIpc) is 3.61. The number of carbonyl (C=O) groups is 4. The van der Waals surface area contributed by atoms with Gasteiger partial charge in [-0.1, -0.05) is 293 Å². The first-order chi connectivity index (χ1) is 42.7. The van der Waals surface area contributed by atoms with E-state index in [1.165, 1.54) is 141 Å². The predicted octanol–water partition coefficient (Wildman–Crippen LogP) is 19.7. The lowest BCUT2D eigenvalue weighted by Gasteiger charge is -2.21. The Hall–Kier alpha value is -1.94. The lowest BCUT2D eigenvalue weighted by atomic mass is 9.99. The van der Waals surface area contributed by atoms with Crippen LogP contribution in [0, 0.1) is 23.7 Å². The summed E-state index contributed by atoms with van der Waals surface area (Å²) in [6, 6.07) is 0. The third kappa shape index (κ3) is 62.0. The quantitative estimate of drug-likeness (QED) is 0.0222. The van der Waals surface area contributed by atoms with Crippen molar-refractivity contribution in [3.63, 3.8) is 0 Å². The lowest BCUT2D eigenvalue weighted by molar-refractivity contribution is -0.161. The van der Waals surface area contributed by atoms with Gasteiger partial charge in [-0.3, -0.25) is 37.3 Å². The Morgan fingerprint density at radius 1 is 0.315 bits per heavy atom. The second-order valence-corrected chi connectivity index (χ2v) is 29.6. The van der Waals surface area contributed by atoms with Gasteiger partial charge in [0.1, 0.15) is 19.3 Å². The molecule has 0 aromatic rings. The molecule has 0 saturated carbocycles. The van der Waals surface area contributed by atoms with Gasteiger partial charge in [0.15, 0.2) is 12.2 Å². The first kappa shape index (κ1) is 87.1. The van der Waals surface area contributed by atoms with E-state index >= 15 is 0 Å². The van der Waals surface area contributed by atoms with Gasteiger partial charge in [-0.2, -0.15) is 0 Å². The second kappa shape index (κ2) is 59.8. The van der Waals surface area contributed by atoms with Gasteiger partial charge in [0.05, 0.1) is 26.4 Å². The number of hydrogen-bond donors (Lipinski definition) is 3. The number of ether oxygens (including phenoxy) is 4. The molecule has 0 aliphatic rings. The van der Waals surface area contributed by atoms with Crippen molar-refractivity contribution in [3.8, 4) is 0 Å². The highest BCUT2D eigenvalue weighted by atomic mass is 31.2. The summed E-state index contributed by atoms with van der Waals surface area (Å²) in [4.78, 5) is 72.5. The van der Waals surface area contributed by atoms with Crippen molar-refractivity contribution >= 4 is 39.5 Å². The van der Waals surface area contributed by atoms with Gasteiger partial charge in [0.2, 0.25) is 0 Å². The van der Waals surface area contributed by atoms with Crippen molar-refractivity contribution in [3.05, 3.63) is 0 Å². The molecule has 0 aromatic heterocycles. The van der Waals surface area contributed by atoms with Gasteiger partial charge in [-0.25, -0.2) is 9.13 Å². The van der Waals surface area contributed by atoms with E-state index in [-0.39, 0.29) is 25.7 Å². The maximum atomic E-state index is 13.0. The molecule has 19 heteroatoms. The summed E-state index contributed by atoms with van der Waals surface area (Å²) in [5.74, 6) is 0.898. The van der Waals surface area contributed by atoms with Crippen molar-refractivity contribution in [2.75, 3.05) is 39.6 Å². The maximum absolute atomic E-state index is 13.0. The number of unbranched alkanes of at least 4 members (excludes halogenated alkanes) is 31. The van der Waals surface area contributed by atoms with Crippen LogP contribution in [0.3, 0.4) is 0 Å². The summed E-state index contributed by atoms with van der Waals surface area (Å²) in [5.41, 5.74) is 0. The molecule has 0 rings (SSSR count). The zero-order valence-electron chi connectivity index (χ0n) is 58.1. The number of rotatable bonds is 67. The highest BCUT2D eigenvalue weighted by Gasteiger charge is 2.30. The fourth-order valence-corrected chi connectivity index (χ4v) is 12.0. The fraction of sp³-hybridized carbons (Fsp3) is 0.943. The summed E-state index contributed by atoms with van der Waals surface area (Å²) in [6.07, 6.45) is 41.6. The van der Waals surface area contributed by atoms with Gasteiger partial charge in [-0.05, 0) is 49.4 Å². The molecule has 528 valence electrons. The van der Waals surface area contributed by atoms with Crippen LogP contribution in [0.15, 0.2) is 0 Å². The molecule has 0 fully saturated rings. The van der Waals surface area contributed by atoms with Crippen molar-refractivity contribution in [2.45, 2.75) is 363 Å². The van der Waals surface area contributed by atoms with Crippen LogP contribution in [0.2, 0.25) is 0 Å². The zero-order chi connectivity index (χ0) is 66.1. The first-order valence-corrected chi connectivity index (χ1v) is 39.3. The topological polar surface area (TPSA) is 237 Å². The molecule has 3 N–H and O–H groups in total. The zero-order valence-corrected chi connectivity index (χ0v) is 59.8. The van der Waals surface area contributed by atoms with Crippen molar-refractivity contribution < 1.29 is 80.2 Å². The van der Waals surface area contributed by atoms with E-state index in [0.717, 1.165) is 120 Å². The Morgan fingerprint density at radius 2 is 0.539 bits per heavy atom. The number of hydrogen-bond acceptors (Lipinski definition) is 15. The maximum Gasteiger partial charge on any atom is 0.472 e. The van der Waals surface area contributed by atoms with Gasteiger partial charge >= 0.3 is 39.5 Å². The average molecular weight is 1310 g/mol. The Balaban J connectivity index is 5.27. The molecule has 0 heterocycles. The van der Waals surface area contributed by atoms with E-state index in [4.69, 9.17) is 37.0 Å². The lowest BCUT2D eigenvalue weighted by Crippen LogP contribution is -2.30. The van der Waals surface area contributed by atoms with E-state index in [1.54, 1.807) is 0 Å². The van der Waals surface area contributed by atoms with Crippen molar-refractivity contribution in [1.82, 2.24) is 0 Å². The Kier molecular flexibility index (Phi) is 58.5. The minimum Gasteiger partial charge on any atom is -0.462 e. The number of phosphoric acid groups is 2. The van der Waals surface area contributed by atoms with E-state index < -0.39 is 97.5 Å². The van der Waals surface area contributed by atoms with Crippen LogP contribution < -0.4 is 0 Å². The summed E-state index contributed by atoms with van der Waals surface area (Å²) >= 11 is 0. The molecule has 0 aromatic carbocycles. The van der Waals surface area contributed by atoms with Crippen LogP contribution in [0.4, 0.5) is 0 Å². The van der Waals surface area contributed by atoms with E-state index in [9.17, 15) is 43.2 Å². The molecule has 4 unspecified atom stereocenters. The van der Waals surface area contributed by atoms with Crippen LogP contribution in [0.1, 0.15) is 344 Å². The molecule has 0 bridgehead atoms. The minimum absolute atomic E-state index is 0.104. The highest BCUT2D eigenvalue weighted by Crippen LogP contribution is 2.45. The number of esters is 4. The van der Waals surface area contributed by atoms with Crippen LogP contribution in [0.25, 0.3) is 0 Å². The van der Waals surface area contributed by atoms with E-state index in [0.29, 0.717) is 25.7 Å². The predicted molar refractivity (Wildman–Crippen MR) is 358 cm³/mol. The smallest absolute Gasteiger partial charge is 0.462 e. The molecular formula is C70H136O17P2. The van der Waals surface area contributed by atoms with Gasteiger partial charge in [0, 0.05) is 25.7 Å². The number of aliphatic hydroxyl groups excluding tert-OH is 1. The first-order valence-electron chi connectivity index (χ1n) is 36.3. The van der Waals surface area contributed by atoms with Gasteiger partial charge in [0.25, 0.3) is 0 Å². The summed E-state index contributed by atoms with van der Waals surface area (Å²) < 4.78 is 68.3. The van der Waals surface area contributed by atoms with Crippen LogP contribution in [-0.4, -0.2) is 96.7 Å². The normalized spacial score (nSPS) is 14.9. The summed E-state index contributed by atoms with van der Waals surface area (Å²) in [5, 5.41) is 10.6. The monoisotopic (exact) mass is 1310 g/mol. The molecule has 0 amide bonds. The van der Waals surface area contributed by atoms with Gasteiger partial charge in [-0.15, -0.1) is 0 Å². The standard InChI is InChI=1S/C70H136O17P2/c1-9-62(7)48-40-32-24-18-12-14-20-26-36-44-52-69(74)87-66(57-81-68(73)51-43-35-29-28-33-41-49-63(8)10-2)59-85-89(78,79)83-55-64(71)54-82-88(76,77)84-58-65(86-70(75)53-45-37-27-21-15-17-23-31-39-47-61(5)6)56-80-67(72)50-42-34-25-19-13-11-16-22-30-38-46-60(3)4/h60-66,71H,9-59H2,1-8H3,(H,76,77)(H,78,79)/t62?,63?,64-,65-,66-/m1/s1. The SMILES string of the molecule is CCC(C)CCCCCCCCCCCCC(=O)O[C@H](COC(=O)CCCCCCCCC(C)CC)COP(=O)(O)OC[C@H](O)COP(=O)(O)OC[C@@H](COC(=O)CCCCCCCCCCCCC(C)C)OC(=O)CCCCCCCCCCCC(C)C. The largest absolute Gasteiger partial charge is 0.472 e. The van der Waals surface area contributed by atoms with Crippen LogP contribution >= 0.6 is 15.6 Å². The second-order valence-electron chi connectivity index (χ2n) is 26.7. The molecule has 0 saturated heterocycles. The summed E-state index contributed by atoms with van der Waals surface area (Å²) in [6.45, 7) is 14.1. The summed E-state index contributed by atoms with van der Waals surface area (Å²) in [7, 11) is -9.90. The Bertz CT molecular complexity index is 1770. The molecule has 0 aliphatic carbocycles. The highest BCUT2D eigenvalue weighted by molar-refractivity contribution is 7.47. The Morgan fingerprint density at radius 3 is 0.798 bits per heavy atom. The van der Waals surface area contributed by atoms with Crippen molar-refractivity contribution in [1.29, 1.82) is 0 Å². The fourth-order valence-electron chi connectivity index (χ4n) is 10.4. The van der Waals surface area contributed by atoms with E-state index in [1.807, 2.05) is 0 Å². The van der Waals surface area contributed by atoms with Crippen LogP contribution in [0.5, 0.6) is 0 Å². The third-order valence-electron chi connectivity index (χ3n) is 16.8. The number of aliphatic hydroxyl groups is 1. The molecular weight excluding hydrogens is 1170 g/mol. The molecule has 0 aliphatic heterocycles. The molecule has 17 nitrogen and oxygen atoms in total. The molecule has 7 atom stereocenters.